The molecule has 0 bridgehead atoms. The molecule has 0 fully saturated rings. The number of nitrogens with one attached hydrogen (secondary N) is 1. The van der Waals surface area contributed by atoms with Gasteiger partial charge in [0.25, 0.3) is 0 Å². The summed E-state index contributed by atoms with van der Waals surface area (Å²) in [6.45, 7) is 5.86. The fraction of sp³-hybridized carbons (Fsp3) is 0.231. The second-order valence-electron chi connectivity index (χ2n) is 3.91. The highest BCUT2D eigenvalue weighted by molar-refractivity contribution is 5.83. The SMILES string of the molecule is C=C[C@@H](C)[C@H](N)c1c[nH]c2ccccc12. The molecule has 1 aromatic heterocycles. The Bertz CT molecular complexity index is 470. The molecule has 0 aliphatic carbocycles. The lowest BCUT2D eigenvalue weighted by atomic mass is 9.95. The number of aromatic nitrogens is 1. The first-order chi connectivity index (χ1) is 7.24. The van der Waals surface area contributed by atoms with E-state index >= 15 is 0 Å². The minimum Gasteiger partial charge on any atom is -0.361 e. The highest BCUT2D eigenvalue weighted by Gasteiger charge is 2.15. The van der Waals surface area contributed by atoms with Crippen molar-refractivity contribution in [3.8, 4) is 0 Å². The molecule has 2 atom stereocenters. The van der Waals surface area contributed by atoms with Crippen LogP contribution in [0.15, 0.2) is 43.1 Å². The first-order valence-corrected chi connectivity index (χ1v) is 5.18. The molecule has 78 valence electrons. The molecule has 0 radical (unpaired) electrons. The third-order valence-corrected chi connectivity index (χ3v) is 2.92. The van der Waals surface area contributed by atoms with Crippen molar-refractivity contribution in [3.63, 3.8) is 0 Å². The summed E-state index contributed by atoms with van der Waals surface area (Å²) < 4.78 is 0. The lowest BCUT2D eigenvalue weighted by molar-refractivity contribution is 0.571. The van der Waals surface area contributed by atoms with E-state index in [0.29, 0.717) is 0 Å². The molecule has 1 heterocycles. The highest BCUT2D eigenvalue weighted by atomic mass is 14.7. The molecule has 0 saturated carbocycles. The van der Waals surface area contributed by atoms with Crippen LogP contribution in [0.2, 0.25) is 0 Å². The number of para-hydroxylation sites is 1. The molecule has 2 nitrogen and oxygen atoms in total. The first-order valence-electron chi connectivity index (χ1n) is 5.18. The fourth-order valence-electron chi connectivity index (χ4n) is 1.80. The normalized spacial score (nSPS) is 15.1. The van der Waals surface area contributed by atoms with Gasteiger partial charge in [0.15, 0.2) is 0 Å². The maximum Gasteiger partial charge on any atom is 0.0457 e. The van der Waals surface area contributed by atoms with Crippen LogP contribution in [0.25, 0.3) is 10.9 Å². The van der Waals surface area contributed by atoms with Crippen molar-refractivity contribution in [2.75, 3.05) is 0 Å². The Morgan fingerprint density at radius 3 is 2.87 bits per heavy atom. The predicted octanol–water partition coefficient (Wildman–Crippen LogP) is 2.99. The number of H-pyrrole nitrogens is 1. The Hall–Kier alpha value is -1.54. The van der Waals surface area contributed by atoms with E-state index in [0.717, 1.165) is 11.1 Å². The van der Waals surface area contributed by atoms with Gasteiger partial charge in [0.05, 0.1) is 0 Å². The van der Waals surface area contributed by atoms with E-state index in [1.807, 2.05) is 24.4 Å². The van der Waals surface area contributed by atoms with E-state index in [2.05, 4.69) is 30.6 Å². The summed E-state index contributed by atoms with van der Waals surface area (Å²) >= 11 is 0. The molecule has 0 aliphatic heterocycles. The maximum absolute atomic E-state index is 6.17. The number of fused-ring (bicyclic) bond motifs is 1. The Kier molecular flexibility index (Phi) is 2.60. The lowest BCUT2D eigenvalue weighted by Gasteiger charge is -2.15. The van der Waals surface area contributed by atoms with Gasteiger partial charge in [-0.05, 0) is 17.5 Å². The van der Waals surface area contributed by atoms with E-state index in [1.165, 1.54) is 5.39 Å². The number of aromatic amines is 1. The van der Waals surface area contributed by atoms with Crippen molar-refractivity contribution in [3.05, 3.63) is 48.7 Å². The summed E-state index contributed by atoms with van der Waals surface area (Å²) in [6.07, 6.45) is 3.89. The van der Waals surface area contributed by atoms with Crippen molar-refractivity contribution >= 4 is 10.9 Å². The van der Waals surface area contributed by atoms with Gasteiger partial charge in [0.1, 0.15) is 0 Å². The summed E-state index contributed by atoms with van der Waals surface area (Å²) in [5.74, 6) is 0.282. The molecule has 0 saturated heterocycles. The van der Waals surface area contributed by atoms with E-state index in [9.17, 15) is 0 Å². The number of nitrogens with two attached hydrogens (primary N) is 1. The second-order valence-corrected chi connectivity index (χ2v) is 3.91. The Balaban J connectivity index is 2.48. The van der Waals surface area contributed by atoms with Gasteiger partial charge in [-0.2, -0.15) is 0 Å². The highest BCUT2D eigenvalue weighted by Crippen LogP contribution is 2.27. The average molecular weight is 200 g/mol. The number of hydrogen-bond donors (Lipinski definition) is 2. The third-order valence-electron chi connectivity index (χ3n) is 2.92. The predicted molar refractivity (Wildman–Crippen MR) is 64.6 cm³/mol. The zero-order chi connectivity index (χ0) is 10.8. The quantitative estimate of drug-likeness (QED) is 0.735. The topological polar surface area (TPSA) is 41.8 Å². The summed E-state index contributed by atoms with van der Waals surface area (Å²) in [4.78, 5) is 3.23. The molecule has 15 heavy (non-hydrogen) atoms. The van der Waals surface area contributed by atoms with Gasteiger partial charge >= 0.3 is 0 Å². The average Bonchev–Trinajstić information content (AvgIpc) is 2.70. The van der Waals surface area contributed by atoms with Crippen LogP contribution in [0.4, 0.5) is 0 Å². The van der Waals surface area contributed by atoms with Crippen LogP contribution >= 0.6 is 0 Å². The van der Waals surface area contributed by atoms with Gasteiger partial charge in [-0.25, -0.2) is 0 Å². The zero-order valence-electron chi connectivity index (χ0n) is 8.90. The Morgan fingerprint density at radius 1 is 1.40 bits per heavy atom. The summed E-state index contributed by atoms with van der Waals surface area (Å²) in [6, 6.07) is 8.22. The van der Waals surface area contributed by atoms with Crippen molar-refractivity contribution in [1.29, 1.82) is 0 Å². The van der Waals surface area contributed by atoms with Crippen molar-refractivity contribution in [2.45, 2.75) is 13.0 Å². The van der Waals surface area contributed by atoms with Gasteiger partial charge in [-0.15, -0.1) is 6.58 Å². The third kappa shape index (κ3) is 1.68. The zero-order valence-corrected chi connectivity index (χ0v) is 8.90. The van der Waals surface area contributed by atoms with Crippen molar-refractivity contribution in [1.82, 2.24) is 4.98 Å². The van der Waals surface area contributed by atoms with Crippen LogP contribution in [-0.2, 0) is 0 Å². The number of benzene rings is 1. The lowest BCUT2D eigenvalue weighted by Crippen LogP contribution is -2.16. The fourth-order valence-corrected chi connectivity index (χ4v) is 1.80. The van der Waals surface area contributed by atoms with E-state index in [4.69, 9.17) is 5.73 Å². The molecule has 0 amide bonds. The molecule has 0 aliphatic rings. The van der Waals surface area contributed by atoms with Crippen LogP contribution in [-0.4, -0.2) is 4.98 Å². The van der Waals surface area contributed by atoms with Crippen molar-refractivity contribution in [2.24, 2.45) is 11.7 Å². The molecular formula is C13H16N2. The van der Waals surface area contributed by atoms with Gasteiger partial charge in [-0.1, -0.05) is 31.2 Å². The smallest absolute Gasteiger partial charge is 0.0457 e. The number of hydrogen-bond acceptors (Lipinski definition) is 1. The minimum atomic E-state index is 0.0126. The summed E-state index contributed by atoms with van der Waals surface area (Å²) in [7, 11) is 0. The largest absolute Gasteiger partial charge is 0.361 e. The van der Waals surface area contributed by atoms with Crippen LogP contribution in [0, 0.1) is 5.92 Å². The number of rotatable bonds is 3. The van der Waals surface area contributed by atoms with Gasteiger partial charge < -0.3 is 10.7 Å². The first kappa shape index (κ1) is 9.99. The second kappa shape index (κ2) is 3.91. The summed E-state index contributed by atoms with van der Waals surface area (Å²) in [5, 5.41) is 1.21. The van der Waals surface area contributed by atoms with Gasteiger partial charge in [0.2, 0.25) is 0 Å². The Morgan fingerprint density at radius 2 is 2.13 bits per heavy atom. The van der Waals surface area contributed by atoms with Gasteiger partial charge in [-0.3, -0.25) is 0 Å². The van der Waals surface area contributed by atoms with Crippen LogP contribution in [0.1, 0.15) is 18.5 Å². The molecule has 0 unspecified atom stereocenters. The maximum atomic E-state index is 6.17. The molecule has 2 aromatic rings. The van der Waals surface area contributed by atoms with Crippen LogP contribution in [0.3, 0.4) is 0 Å². The molecule has 2 rings (SSSR count). The molecule has 3 N–H and O–H groups in total. The summed E-state index contributed by atoms with van der Waals surface area (Å²) in [5.41, 5.74) is 8.47. The van der Waals surface area contributed by atoms with Crippen LogP contribution < -0.4 is 5.73 Å². The van der Waals surface area contributed by atoms with E-state index < -0.39 is 0 Å². The minimum absolute atomic E-state index is 0.0126. The van der Waals surface area contributed by atoms with E-state index in [-0.39, 0.29) is 12.0 Å². The molecule has 2 heteroatoms. The molecular weight excluding hydrogens is 184 g/mol. The monoisotopic (exact) mass is 200 g/mol. The molecule has 1 aromatic carbocycles. The van der Waals surface area contributed by atoms with Crippen molar-refractivity contribution < 1.29 is 0 Å². The standard InChI is InChI=1S/C13H16N2/c1-3-9(2)13(14)11-8-15-12-7-5-4-6-10(11)12/h3-9,13,15H,1,14H2,2H3/t9-,13+/m1/s1. The van der Waals surface area contributed by atoms with E-state index in [1.54, 1.807) is 0 Å². The Labute approximate surface area is 89.8 Å². The molecule has 0 spiro atoms. The van der Waals surface area contributed by atoms with Crippen LogP contribution in [0.5, 0.6) is 0 Å². The van der Waals surface area contributed by atoms with Gasteiger partial charge in [0, 0.05) is 23.1 Å².